The van der Waals surface area contributed by atoms with E-state index in [-0.39, 0.29) is 16.2 Å². The molecule has 0 spiro atoms. The van der Waals surface area contributed by atoms with Crippen LogP contribution in [0.2, 0.25) is 0 Å². The Morgan fingerprint density at radius 1 is 1.17 bits per heavy atom. The molecule has 2 aromatic heterocycles. The predicted octanol–water partition coefficient (Wildman–Crippen LogP) is 3.52. The highest BCUT2D eigenvalue weighted by Crippen LogP contribution is 2.19. The molecule has 29 heavy (non-hydrogen) atoms. The molecular formula is C21H18N4O3S. The molecule has 0 unspecified atom stereocenters. The molecular weight excluding hydrogens is 388 g/mol. The number of amides is 1. The van der Waals surface area contributed by atoms with E-state index >= 15 is 0 Å². The van der Waals surface area contributed by atoms with Crippen LogP contribution in [0.25, 0.3) is 22.4 Å². The minimum absolute atomic E-state index is 0.218. The maximum atomic E-state index is 12.4. The van der Waals surface area contributed by atoms with Crippen molar-refractivity contribution in [2.45, 2.75) is 13.3 Å². The van der Waals surface area contributed by atoms with Crippen LogP contribution in [-0.4, -0.2) is 27.4 Å². The summed E-state index contributed by atoms with van der Waals surface area (Å²) in [5.74, 6) is 0.315. The molecule has 0 saturated heterocycles. The second-order valence-corrected chi connectivity index (χ2v) is 7.09. The Morgan fingerprint density at radius 3 is 2.76 bits per heavy atom. The second kappa shape index (κ2) is 7.84. The average Bonchev–Trinajstić information content (AvgIpc) is 3.16. The van der Waals surface area contributed by atoms with E-state index in [0.717, 1.165) is 11.3 Å². The molecule has 3 N–H and O–H groups in total. The molecule has 8 heteroatoms. The summed E-state index contributed by atoms with van der Waals surface area (Å²) in [7, 11) is 0. The number of aromatic nitrogens is 3. The first kappa shape index (κ1) is 18.8. The third kappa shape index (κ3) is 4.17. The fourth-order valence-electron chi connectivity index (χ4n) is 2.97. The average molecular weight is 406 g/mol. The van der Waals surface area contributed by atoms with E-state index in [9.17, 15) is 9.59 Å². The quantitative estimate of drug-likeness (QED) is 0.440. The van der Waals surface area contributed by atoms with Crippen LogP contribution in [0.1, 0.15) is 21.6 Å². The highest BCUT2D eigenvalue weighted by molar-refractivity contribution is 7.71. The van der Waals surface area contributed by atoms with Crippen LogP contribution in [-0.2, 0) is 6.42 Å². The van der Waals surface area contributed by atoms with Gasteiger partial charge in [0.2, 0.25) is 5.89 Å². The van der Waals surface area contributed by atoms with Gasteiger partial charge in [0.1, 0.15) is 6.26 Å². The molecule has 0 radical (unpaired) electrons. The summed E-state index contributed by atoms with van der Waals surface area (Å²) in [5, 5.41) is 3.30. The molecule has 0 bridgehead atoms. The number of aryl methyl sites for hydroxylation is 1. The van der Waals surface area contributed by atoms with E-state index in [1.54, 1.807) is 24.5 Å². The molecule has 146 valence electrons. The lowest BCUT2D eigenvalue weighted by atomic mass is 10.1. The Labute approximate surface area is 170 Å². The largest absolute Gasteiger partial charge is 0.444 e. The third-order valence-electron chi connectivity index (χ3n) is 4.52. The number of aromatic amines is 2. The molecule has 0 atom stereocenters. The Bertz CT molecular complexity index is 1300. The predicted molar refractivity (Wildman–Crippen MR) is 112 cm³/mol. The first-order valence-corrected chi connectivity index (χ1v) is 9.46. The molecule has 7 nitrogen and oxygen atoms in total. The highest BCUT2D eigenvalue weighted by atomic mass is 32.1. The summed E-state index contributed by atoms with van der Waals surface area (Å²) in [5.41, 5.74) is 3.51. The number of nitrogens with one attached hydrogen (secondary N) is 3. The number of benzene rings is 2. The normalized spacial score (nSPS) is 10.9. The summed E-state index contributed by atoms with van der Waals surface area (Å²) in [4.78, 5) is 34.2. The van der Waals surface area contributed by atoms with Crippen molar-refractivity contribution in [3.63, 3.8) is 0 Å². The monoisotopic (exact) mass is 406 g/mol. The summed E-state index contributed by atoms with van der Waals surface area (Å²) >= 11 is 4.98. The van der Waals surface area contributed by atoms with Crippen molar-refractivity contribution in [3.8, 4) is 11.5 Å². The van der Waals surface area contributed by atoms with Gasteiger partial charge in [-0.2, -0.15) is 0 Å². The Hall–Kier alpha value is -3.52. The summed E-state index contributed by atoms with van der Waals surface area (Å²) < 4.78 is 5.75. The third-order valence-corrected chi connectivity index (χ3v) is 4.72. The summed E-state index contributed by atoms with van der Waals surface area (Å²) in [6.07, 6.45) is 2.14. The van der Waals surface area contributed by atoms with Gasteiger partial charge in [0, 0.05) is 24.1 Å². The number of hydrogen-bond donors (Lipinski definition) is 3. The molecule has 0 aliphatic carbocycles. The van der Waals surface area contributed by atoms with Gasteiger partial charge in [-0.05, 0) is 49.5 Å². The van der Waals surface area contributed by atoms with Crippen LogP contribution in [0.4, 0.5) is 0 Å². The van der Waals surface area contributed by atoms with Crippen molar-refractivity contribution in [2.24, 2.45) is 0 Å². The standard InChI is InChI=1S/C21H18N4O3S/c1-12-2-4-13(5-3-12)20-23-15(11-28-20)8-9-22-18(26)14-6-7-16-17(10-14)24-21(29)25-19(16)27/h2-7,10-11H,8-9H2,1H3,(H,22,26)(H2,24,25,27,29). The van der Waals surface area contributed by atoms with Crippen molar-refractivity contribution in [2.75, 3.05) is 6.54 Å². The van der Waals surface area contributed by atoms with E-state index in [4.69, 9.17) is 16.6 Å². The zero-order chi connectivity index (χ0) is 20.4. The van der Waals surface area contributed by atoms with Crippen molar-refractivity contribution in [1.29, 1.82) is 0 Å². The molecule has 1 amide bonds. The van der Waals surface area contributed by atoms with Gasteiger partial charge < -0.3 is 14.7 Å². The van der Waals surface area contributed by atoms with E-state index in [1.807, 2.05) is 31.2 Å². The van der Waals surface area contributed by atoms with E-state index in [2.05, 4.69) is 20.3 Å². The molecule has 0 fully saturated rings. The van der Waals surface area contributed by atoms with Crippen LogP contribution in [0.15, 0.2) is 57.9 Å². The summed E-state index contributed by atoms with van der Waals surface area (Å²) in [6.45, 7) is 2.43. The lowest BCUT2D eigenvalue weighted by Crippen LogP contribution is -2.25. The number of H-pyrrole nitrogens is 2. The topological polar surface area (TPSA) is 104 Å². The molecule has 0 aliphatic heterocycles. The van der Waals surface area contributed by atoms with Crippen molar-refractivity contribution < 1.29 is 9.21 Å². The number of nitrogens with zero attached hydrogens (tertiary/aromatic N) is 1. The van der Waals surface area contributed by atoms with Crippen LogP contribution in [0, 0.1) is 11.7 Å². The van der Waals surface area contributed by atoms with Gasteiger partial charge in [0.15, 0.2) is 4.77 Å². The lowest BCUT2D eigenvalue weighted by Gasteiger charge is -2.05. The molecule has 4 rings (SSSR count). The molecule has 2 heterocycles. The lowest BCUT2D eigenvalue weighted by molar-refractivity contribution is 0.0954. The van der Waals surface area contributed by atoms with Crippen LogP contribution >= 0.6 is 12.2 Å². The first-order chi connectivity index (χ1) is 14.0. The second-order valence-electron chi connectivity index (χ2n) is 6.68. The van der Waals surface area contributed by atoms with Gasteiger partial charge in [0.05, 0.1) is 16.6 Å². The van der Waals surface area contributed by atoms with Crippen molar-refractivity contribution >= 4 is 29.0 Å². The highest BCUT2D eigenvalue weighted by Gasteiger charge is 2.10. The number of carbonyl (C=O) groups excluding carboxylic acids is 1. The van der Waals surface area contributed by atoms with Gasteiger partial charge in [-0.1, -0.05) is 17.7 Å². The van der Waals surface area contributed by atoms with Crippen LogP contribution in [0.3, 0.4) is 0 Å². The van der Waals surface area contributed by atoms with E-state index in [0.29, 0.717) is 35.3 Å². The van der Waals surface area contributed by atoms with Crippen molar-refractivity contribution in [3.05, 3.63) is 80.7 Å². The molecule has 0 aliphatic rings. The molecule has 2 aromatic carbocycles. The maximum Gasteiger partial charge on any atom is 0.259 e. The zero-order valence-corrected chi connectivity index (χ0v) is 16.4. The van der Waals surface area contributed by atoms with Gasteiger partial charge in [-0.25, -0.2) is 4.98 Å². The number of oxazole rings is 1. The molecule has 4 aromatic rings. The van der Waals surface area contributed by atoms with Gasteiger partial charge in [-0.3, -0.25) is 14.6 Å². The summed E-state index contributed by atoms with van der Waals surface area (Å²) in [6, 6.07) is 12.7. The smallest absolute Gasteiger partial charge is 0.259 e. The van der Waals surface area contributed by atoms with Crippen molar-refractivity contribution in [1.82, 2.24) is 20.3 Å². The fourth-order valence-corrected chi connectivity index (χ4v) is 3.17. The first-order valence-electron chi connectivity index (χ1n) is 9.05. The van der Waals surface area contributed by atoms with E-state index in [1.165, 1.54) is 5.56 Å². The zero-order valence-electron chi connectivity index (χ0n) is 15.6. The minimum Gasteiger partial charge on any atom is -0.444 e. The minimum atomic E-state index is -0.286. The number of hydrogen-bond acceptors (Lipinski definition) is 5. The fraction of sp³-hybridized carbons (Fsp3) is 0.143. The van der Waals surface area contributed by atoms with Gasteiger partial charge >= 0.3 is 0 Å². The SMILES string of the molecule is Cc1ccc(-c2nc(CCNC(=O)c3ccc4c(=O)[nH]c(=S)[nH]c4c3)co2)cc1. The Kier molecular flexibility index (Phi) is 5.09. The number of fused-ring (bicyclic) bond motifs is 1. The molecule has 0 saturated carbocycles. The Balaban J connectivity index is 1.40. The van der Waals surface area contributed by atoms with E-state index < -0.39 is 0 Å². The van der Waals surface area contributed by atoms with Gasteiger partial charge in [-0.15, -0.1) is 0 Å². The number of rotatable bonds is 5. The van der Waals surface area contributed by atoms with Gasteiger partial charge in [0.25, 0.3) is 11.5 Å². The number of carbonyl (C=O) groups is 1. The Morgan fingerprint density at radius 2 is 1.97 bits per heavy atom. The van der Waals surface area contributed by atoms with Crippen LogP contribution in [0.5, 0.6) is 0 Å². The van der Waals surface area contributed by atoms with Crippen LogP contribution < -0.4 is 10.9 Å². The maximum absolute atomic E-state index is 12.4.